The highest BCUT2D eigenvalue weighted by Gasteiger charge is 2.04. The van der Waals surface area contributed by atoms with Gasteiger partial charge in [0.1, 0.15) is 6.61 Å². The number of unbranched alkanes of at least 4 members (excludes halogenated alkanes) is 2. The minimum atomic E-state index is 0. The molecular weight excluding hydrogens is 362 g/mol. The molecule has 0 aliphatic heterocycles. The molecule has 4 nitrogen and oxygen atoms in total. The van der Waals surface area contributed by atoms with E-state index in [0.29, 0.717) is 19.6 Å². The number of hydrogen-bond acceptors (Lipinski definition) is 4. The standard InChI is InChI=1S/C22H29NO3.ClH/c1-2-25-21-14-8-9-15-22(21)26-18-17-23-16-10-4-7-13-20(24)19-11-5-3-6-12-19;/h3,5-6,8-9,11-12,14-15,23H,2,4,7,10,13,16-18H2,1H3;1H. The van der Waals surface area contributed by atoms with Crippen LogP contribution in [0.4, 0.5) is 0 Å². The summed E-state index contributed by atoms with van der Waals surface area (Å²) in [6.07, 6.45) is 3.69. The van der Waals surface area contributed by atoms with Gasteiger partial charge < -0.3 is 14.8 Å². The molecule has 0 aliphatic carbocycles. The minimum Gasteiger partial charge on any atom is -0.490 e. The number of rotatable bonds is 13. The van der Waals surface area contributed by atoms with Gasteiger partial charge in [-0.2, -0.15) is 0 Å². The summed E-state index contributed by atoms with van der Waals surface area (Å²) in [6.45, 7) is 4.94. The van der Waals surface area contributed by atoms with Crippen molar-refractivity contribution in [3.05, 3.63) is 60.2 Å². The Hall–Kier alpha value is -2.04. The monoisotopic (exact) mass is 391 g/mol. The van der Waals surface area contributed by atoms with Crippen molar-refractivity contribution in [1.29, 1.82) is 0 Å². The van der Waals surface area contributed by atoms with Gasteiger partial charge in [0.2, 0.25) is 0 Å². The van der Waals surface area contributed by atoms with Crippen LogP contribution in [0.3, 0.4) is 0 Å². The van der Waals surface area contributed by atoms with Gasteiger partial charge in [-0.15, -0.1) is 12.4 Å². The average Bonchev–Trinajstić information content (AvgIpc) is 2.68. The van der Waals surface area contributed by atoms with Gasteiger partial charge in [0.05, 0.1) is 6.61 Å². The van der Waals surface area contributed by atoms with Crippen LogP contribution in [0.15, 0.2) is 54.6 Å². The maximum Gasteiger partial charge on any atom is 0.162 e. The zero-order chi connectivity index (χ0) is 18.5. The summed E-state index contributed by atoms with van der Waals surface area (Å²) in [6, 6.07) is 17.2. The summed E-state index contributed by atoms with van der Waals surface area (Å²) in [5.41, 5.74) is 0.815. The topological polar surface area (TPSA) is 47.6 Å². The Bertz CT molecular complexity index is 649. The smallest absolute Gasteiger partial charge is 0.162 e. The summed E-state index contributed by atoms with van der Waals surface area (Å²) >= 11 is 0. The van der Waals surface area contributed by atoms with E-state index in [1.165, 1.54) is 0 Å². The van der Waals surface area contributed by atoms with Gasteiger partial charge >= 0.3 is 0 Å². The average molecular weight is 392 g/mol. The molecule has 2 rings (SSSR count). The highest BCUT2D eigenvalue weighted by Crippen LogP contribution is 2.25. The second-order valence-electron chi connectivity index (χ2n) is 6.08. The Morgan fingerprint density at radius 3 is 2.22 bits per heavy atom. The molecule has 0 spiro atoms. The summed E-state index contributed by atoms with van der Waals surface area (Å²) in [5, 5.41) is 3.38. The summed E-state index contributed by atoms with van der Waals surface area (Å²) < 4.78 is 11.3. The fourth-order valence-electron chi connectivity index (χ4n) is 2.68. The predicted octanol–water partition coefficient (Wildman–Crippen LogP) is 4.92. The first-order valence-electron chi connectivity index (χ1n) is 9.45. The quantitative estimate of drug-likeness (QED) is 0.389. The van der Waals surface area contributed by atoms with Crippen molar-refractivity contribution in [3.63, 3.8) is 0 Å². The predicted molar refractivity (Wildman–Crippen MR) is 112 cm³/mol. The molecule has 0 aliphatic rings. The molecule has 0 radical (unpaired) electrons. The molecule has 0 atom stereocenters. The molecule has 0 fully saturated rings. The maximum atomic E-state index is 12.0. The number of carbonyl (C=O) groups is 1. The van der Waals surface area contributed by atoms with E-state index in [0.717, 1.165) is 49.4 Å². The molecule has 0 bridgehead atoms. The van der Waals surface area contributed by atoms with Crippen LogP contribution in [0.5, 0.6) is 11.5 Å². The number of carbonyl (C=O) groups excluding carboxylic acids is 1. The second kappa shape index (κ2) is 14.1. The fourth-order valence-corrected chi connectivity index (χ4v) is 2.68. The lowest BCUT2D eigenvalue weighted by Crippen LogP contribution is -2.22. The number of Topliss-reactive ketones (excluding diaryl/α,β-unsaturated/α-hetero) is 1. The molecule has 0 amide bonds. The van der Waals surface area contributed by atoms with Crippen LogP contribution in [-0.2, 0) is 0 Å². The van der Waals surface area contributed by atoms with Gasteiger partial charge in [-0.1, -0.05) is 48.9 Å². The van der Waals surface area contributed by atoms with Crippen LogP contribution >= 0.6 is 12.4 Å². The molecule has 1 N–H and O–H groups in total. The number of nitrogens with one attached hydrogen (secondary N) is 1. The van der Waals surface area contributed by atoms with Gasteiger partial charge in [0, 0.05) is 18.5 Å². The molecule has 2 aromatic rings. The molecule has 0 unspecified atom stereocenters. The molecule has 0 saturated heterocycles. The van der Waals surface area contributed by atoms with Gasteiger partial charge in [0.15, 0.2) is 17.3 Å². The van der Waals surface area contributed by atoms with Crippen molar-refractivity contribution in [1.82, 2.24) is 5.32 Å². The fraction of sp³-hybridized carbons (Fsp3) is 0.409. The number of ether oxygens (including phenoxy) is 2. The zero-order valence-electron chi connectivity index (χ0n) is 16.0. The molecule has 5 heteroatoms. The molecule has 0 saturated carbocycles. The lowest BCUT2D eigenvalue weighted by molar-refractivity contribution is 0.0979. The van der Waals surface area contributed by atoms with Crippen LogP contribution in [0.2, 0.25) is 0 Å². The van der Waals surface area contributed by atoms with E-state index in [-0.39, 0.29) is 18.2 Å². The largest absolute Gasteiger partial charge is 0.490 e. The Kier molecular flexibility index (Phi) is 12.0. The normalized spacial score (nSPS) is 10.1. The SMILES string of the molecule is CCOc1ccccc1OCCNCCCCCC(=O)c1ccccc1.Cl. The number of hydrogen-bond donors (Lipinski definition) is 1. The maximum absolute atomic E-state index is 12.0. The summed E-state index contributed by atoms with van der Waals surface area (Å²) in [5.74, 6) is 1.81. The first-order chi connectivity index (χ1) is 12.8. The molecule has 0 heterocycles. The van der Waals surface area contributed by atoms with Crippen LogP contribution in [0, 0.1) is 0 Å². The zero-order valence-corrected chi connectivity index (χ0v) is 16.8. The van der Waals surface area contributed by atoms with Crippen molar-refractivity contribution < 1.29 is 14.3 Å². The third kappa shape index (κ3) is 8.94. The van der Waals surface area contributed by atoms with E-state index in [1.807, 2.05) is 61.5 Å². The van der Waals surface area contributed by atoms with Crippen molar-refractivity contribution in [3.8, 4) is 11.5 Å². The van der Waals surface area contributed by atoms with E-state index >= 15 is 0 Å². The Balaban J connectivity index is 0.00000364. The Morgan fingerprint density at radius 1 is 0.852 bits per heavy atom. The van der Waals surface area contributed by atoms with Gasteiger partial charge in [-0.3, -0.25) is 4.79 Å². The van der Waals surface area contributed by atoms with Gasteiger partial charge in [0.25, 0.3) is 0 Å². The summed E-state index contributed by atoms with van der Waals surface area (Å²) in [7, 11) is 0. The number of benzene rings is 2. The highest BCUT2D eigenvalue weighted by molar-refractivity contribution is 5.95. The van der Waals surface area contributed by atoms with Crippen LogP contribution in [0.1, 0.15) is 43.0 Å². The van der Waals surface area contributed by atoms with Crippen molar-refractivity contribution >= 4 is 18.2 Å². The lowest BCUT2D eigenvalue weighted by Gasteiger charge is -2.11. The first kappa shape index (κ1) is 23.0. The number of ketones is 1. The minimum absolute atomic E-state index is 0. The van der Waals surface area contributed by atoms with Gasteiger partial charge in [-0.25, -0.2) is 0 Å². The van der Waals surface area contributed by atoms with Gasteiger partial charge in [-0.05, 0) is 38.4 Å². The first-order valence-corrected chi connectivity index (χ1v) is 9.45. The highest BCUT2D eigenvalue weighted by atomic mass is 35.5. The van der Waals surface area contributed by atoms with E-state index < -0.39 is 0 Å². The number of halogens is 1. The van der Waals surface area contributed by atoms with Crippen LogP contribution in [0.25, 0.3) is 0 Å². The molecule has 27 heavy (non-hydrogen) atoms. The summed E-state index contributed by atoms with van der Waals surface area (Å²) in [4.78, 5) is 12.0. The van der Waals surface area contributed by atoms with Crippen molar-refractivity contribution in [2.75, 3.05) is 26.3 Å². The van der Waals surface area contributed by atoms with Crippen LogP contribution < -0.4 is 14.8 Å². The second-order valence-corrected chi connectivity index (χ2v) is 6.08. The van der Waals surface area contributed by atoms with Crippen molar-refractivity contribution in [2.24, 2.45) is 0 Å². The molecular formula is C22H30ClNO3. The Morgan fingerprint density at radius 2 is 1.52 bits per heavy atom. The Labute approximate surface area is 168 Å². The van der Waals surface area contributed by atoms with Crippen LogP contribution in [-0.4, -0.2) is 32.1 Å². The lowest BCUT2D eigenvalue weighted by atomic mass is 10.0. The van der Waals surface area contributed by atoms with E-state index in [4.69, 9.17) is 9.47 Å². The molecule has 148 valence electrons. The third-order valence-electron chi connectivity index (χ3n) is 4.04. The molecule has 0 aromatic heterocycles. The van der Waals surface area contributed by atoms with E-state index in [2.05, 4.69) is 5.32 Å². The molecule has 2 aromatic carbocycles. The van der Waals surface area contributed by atoms with E-state index in [9.17, 15) is 4.79 Å². The number of para-hydroxylation sites is 2. The third-order valence-corrected chi connectivity index (χ3v) is 4.04. The van der Waals surface area contributed by atoms with E-state index in [1.54, 1.807) is 0 Å². The van der Waals surface area contributed by atoms with Crippen molar-refractivity contribution in [2.45, 2.75) is 32.6 Å².